The van der Waals surface area contributed by atoms with Crippen LogP contribution in [0.4, 0.5) is 5.69 Å². The van der Waals surface area contributed by atoms with Gasteiger partial charge in [0.1, 0.15) is 0 Å². The second kappa shape index (κ2) is 9.65. The number of para-hydroxylation sites is 1. The van der Waals surface area contributed by atoms with E-state index in [1.54, 1.807) is 28.9 Å². The van der Waals surface area contributed by atoms with Crippen LogP contribution in [-0.2, 0) is 9.53 Å². The lowest BCUT2D eigenvalue weighted by atomic mass is 10.2. The number of nitrogens with zero attached hydrogens (tertiary/aromatic N) is 4. The molecule has 8 nitrogen and oxygen atoms in total. The molecule has 0 atom stereocenters. The van der Waals surface area contributed by atoms with Gasteiger partial charge in [0, 0.05) is 5.69 Å². The van der Waals surface area contributed by atoms with E-state index in [0.717, 1.165) is 12.1 Å². The molecule has 0 fully saturated rings. The summed E-state index contributed by atoms with van der Waals surface area (Å²) in [5.74, 6) is -0.426. The molecule has 1 heterocycles. The quantitative estimate of drug-likeness (QED) is 0.461. The number of aromatic nitrogens is 4. The number of amides is 1. The second-order valence-electron chi connectivity index (χ2n) is 5.76. The van der Waals surface area contributed by atoms with Gasteiger partial charge in [-0.2, -0.15) is 4.68 Å². The molecule has 0 saturated carbocycles. The second-order valence-corrected chi connectivity index (χ2v) is 6.70. The van der Waals surface area contributed by atoms with Gasteiger partial charge in [-0.1, -0.05) is 36.9 Å². The fourth-order valence-corrected chi connectivity index (χ4v) is 2.99. The third-order valence-corrected chi connectivity index (χ3v) is 4.53. The van der Waals surface area contributed by atoms with Crippen molar-refractivity contribution in [2.75, 3.05) is 17.7 Å². The average molecular weight is 397 g/mol. The fraction of sp³-hybridized carbons (Fsp3) is 0.211. The van der Waals surface area contributed by atoms with E-state index in [1.807, 2.05) is 37.3 Å². The summed E-state index contributed by atoms with van der Waals surface area (Å²) in [5, 5.41) is 14.9. The topological polar surface area (TPSA) is 99.0 Å². The van der Waals surface area contributed by atoms with Crippen molar-refractivity contribution in [2.24, 2.45) is 0 Å². The first-order valence-electron chi connectivity index (χ1n) is 8.71. The predicted octanol–water partition coefficient (Wildman–Crippen LogP) is 2.96. The Morgan fingerprint density at radius 1 is 1.11 bits per heavy atom. The van der Waals surface area contributed by atoms with Gasteiger partial charge in [-0.15, -0.1) is 5.10 Å². The Hall–Kier alpha value is -3.20. The summed E-state index contributed by atoms with van der Waals surface area (Å²) in [4.78, 5) is 24.0. The summed E-state index contributed by atoms with van der Waals surface area (Å²) in [6.45, 7) is 2.32. The standard InChI is InChI=1S/C19H19N5O3S/c1-2-12-27-18(26)14-8-10-15(11-9-14)20-17(25)13-28-19-21-22-23-24(19)16-6-4-3-5-7-16/h3-11H,2,12-13H2,1H3,(H,20,25). The number of nitrogens with one attached hydrogen (secondary N) is 1. The summed E-state index contributed by atoms with van der Waals surface area (Å²) in [6.07, 6.45) is 0.769. The molecule has 1 N–H and O–H groups in total. The smallest absolute Gasteiger partial charge is 0.338 e. The van der Waals surface area contributed by atoms with Gasteiger partial charge in [-0.3, -0.25) is 4.79 Å². The Kier molecular flexibility index (Phi) is 6.74. The van der Waals surface area contributed by atoms with Gasteiger partial charge < -0.3 is 10.1 Å². The minimum atomic E-state index is -0.372. The van der Waals surface area contributed by atoms with E-state index in [1.165, 1.54) is 11.8 Å². The van der Waals surface area contributed by atoms with E-state index in [9.17, 15) is 9.59 Å². The van der Waals surface area contributed by atoms with Gasteiger partial charge in [0.15, 0.2) is 0 Å². The Morgan fingerprint density at radius 2 is 1.86 bits per heavy atom. The van der Waals surface area contributed by atoms with Crippen molar-refractivity contribution in [1.29, 1.82) is 0 Å². The highest BCUT2D eigenvalue weighted by atomic mass is 32.2. The highest BCUT2D eigenvalue weighted by Gasteiger charge is 2.12. The molecular weight excluding hydrogens is 378 g/mol. The molecule has 0 unspecified atom stereocenters. The van der Waals surface area contributed by atoms with Crippen LogP contribution in [0, 0.1) is 0 Å². The number of hydrogen-bond acceptors (Lipinski definition) is 7. The minimum Gasteiger partial charge on any atom is -0.462 e. The van der Waals surface area contributed by atoms with Crippen molar-refractivity contribution >= 4 is 29.3 Å². The lowest BCUT2D eigenvalue weighted by molar-refractivity contribution is -0.113. The van der Waals surface area contributed by atoms with Crippen LogP contribution in [0.1, 0.15) is 23.7 Å². The van der Waals surface area contributed by atoms with Crippen LogP contribution in [0.2, 0.25) is 0 Å². The lowest BCUT2D eigenvalue weighted by Crippen LogP contribution is -2.15. The lowest BCUT2D eigenvalue weighted by Gasteiger charge is -2.07. The Balaban J connectivity index is 1.54. The SMILES string of the molecule is CCCOC(=O)c1ccc(NC(=O)CSc2nnnn2-c2ccccc2)cc1. The van der Waals surface area contributed by atoms with Crippen molar-refractivity contribution in [2.45, 2.75) is 18.5 Å². The number of esters is 1. The van der Waals surface area contributed by atoms with E-state index in [4.69, 9.17) is 4.74 Å². The average Bonchev–Trinajstić information content (AvgIpc) is 3.20. The molecule has 0 aliphatic heterocycles. The zero-order chi connectivity index (χ0) is 19.8. The van der Waals surface area contributed by atoms with Crippen molar-refractivity contribution in [3.05, 3.63) is 60.2 Å². The van der Waals surface area contributed by atoms with Crippen molar-refractivity contribution in [1.82, 2.24) is 20.2 Å². The van der Waals surface area contributed by atoms with E-state index in [-0.39, 0.29) is 17.6 Å². The molecule has 0 aliphatic carbocycles. The highest BCUT2D eigenvalue weighted by molar-refractivity contribution is 7.99. The normalized spacial score (nSPS) is 10.5. The highest BCUT2D eigenvalue weighted by Crippen LogP contribution is 2.18. The molecule has 0 bridgehead atoms. The molecule has 1 amide bonds. The number of ether oxygens (including phenoxy) is 1. The summed E-state index contributed by atoms with van der Waals surface area (Å²) in [7, 11) is 0. The maximum Gasteiger partial charge on any atom is 0.338 e. The van der Waals surface area contributed by atoms with Crippen LogP contribution in [0.15, 0.2) is 59.8 Å². The molecule has 9 heteroatoms. The van der Waals surface area contributed by atoms with Crippen LogP contribution < -0.4 is 5.32 Å². The third kappa shape index (κ3) is 5.17. The summed E-state index contributed by atoms with van der Waals surface area (Å²) in [5.41, 5.74) is 1.86. The minimum absolute atomic E-state index is 0.146. The first kappa shape index (κ1) is 19.6. The monoisotopic (exact) mass is 397 g/mol. The first-order valence-corrected chi connectivity index (χ1v) is 9.69. The molecule has 144 valence electrons. The van der Waals surface area contributed by atoms with Gasteiger partial charge in [0.2, 0.25) is 11.1 Å². The summed E-state index contributed by atoms with van der Waals surface area (Å²) in [6, 6.07) is 16.0. The number of thioether (sulfide) groups is 1. The predicted molar refractivity (Wildman–Crippen MR) is 106 cm³/mol. The Morgan fingerprint density at radius 3 is 2.57 bits per heavy atom. The number of carbonyl (C=O) groups is 2. The molecule has 3 rings (SSSR count). The zero-order valence-corrected chi connectivity index (χ0v) is 16.1. The molecular formula is C19H19N5O3S. The molecule has 0 saturated heterocycles. The van der Waals surface area contributed by atoms with Gasteiger partial charge in [-0.05, 0) is 53.2 Å². The number of rotatable bonds is 8. The third-order valence-electron chi connectivity index (χ3n) is 3.62. The molecule has 1 aromatic heterocycles. The van der Waals surface area contributed by atoms with Gasteiger partial charge >= 0.3 is 5.97 Å². The van der Waals surface area contributed by atoms with E-state index in [2.05, 4.69) is 20.8 Å². The number of tetrazole rings is 1. The van der Waals surface area contributed by atoms with Gasteiger partial charge in [-0.25, -0.2) is 4.79 Å². The molecule has 28 heavy (non-hydrogen) atoms. The van der Waals surface area contributed by atoms with Crippen LogP contribution in [0.3, 0.4) is 0 Å². The van der Waals surface area contributed by atoms with Crippen molar-refractivity contribution in [3.63, 3.8) is 0 Å². The number of carbonyl (C=O) groups excluding carboxylic acids is 2. The van der Waals surface area contributed by atoms with E-state index < -0.39 is 0 Å². The van der Waals surface area contributed by atoms with Crippen molar-refractivity contribution < 1.29 is 14.3 Å². The maximum absolute atomic E-state index is 12.2. The zero-order valence-electron chi connectivity index (χ0n) is 15.2. The van der Waals surface area contributed by atoms with Crippen LogP contribution >= 0.6 is 11.8 Å². The molecule has 3 aromatic rings. The Labute approximate surface area is 166 Å². The van der Waals surface area contributed by atoms with Crippen molar-refractivity contribution in [3.8, 4) is 5.69 Å². The maximum atomic E-state index is 12.2. The van der Waals surface area contributed by atoms with Crippen LogP contribution in [0.5, 0.6) is 0 Å². The van der Waals surface area contributed by atoms with Crippen LogP contribution in [-0.4, -0.2) is 44.4 Å². The summed E-state index contributed by atoms with van der Waals surface area (Å²) < 4.78 is 6.65. The Bertz CT molecular complexity index is 928. The van der Waals surface area contributed by atoms with E-state index >= 15 is 0 Å². The van der Waals surface area contributed by atoms with Crippen LogP contribution in [0.25, 0.3) is 5.69 Å². The number of anilines is 1. The number of hydrogen-bond donors (Lipinski definition) is 1. The fourth-order valence-electron chi connectivity index (χ4n) is 2.30. The van der Waals surface area contributed by atoms with E-state index in [0.29, 0.717) is 23.0 Å². The molecule has 2 aromatic carbocycles. The molecule has 0 radical (unpaired) electrons. The van der Waals surface area contributed by atoms with Gasteiger partial charge in [0.25, 0.3) is 0 Å². The first-order chi connectivity index (χ1) is 13.7. The largest absolute Gasteiger partial charge is 0.462 e. The van der Waals surface area contributed by atoms with Gasteiger partial charge in [0.05, 0.1) is 23.6 Å². The number of benzene rings is 2. The summed E-state index contributed by atoms with van der Waals surface area (Å²) >= 11 is 1.23. The molecule has 0 aliphatic rings. The molecule has 0 spiro atoms.